The van der Waals surface area contributed by atoms with Crippen molar-refractivity contribution in [2.24, 2.45) is 0 Å². The van der Waals surface area contributed by atoms with Crippen LogP contribution in [0.5, 0.6) is 0 Å². The van der Waals surface area contributed by atoms with E-state index in [9.17, 15) is 0 Å². The number of nitrogens with zero attached hydrogens (tertiary/aromatic N) is 2. The van der Waals surface area contributed by atoms with Gasteiger partial charge < -0.3 is 14.6 Å². The molecular weight excluding hydrogens is 266 g/mol. The predicted octanol–water partition coefficient (Wildman–Crippen LogP) is 3.16. The van der Waals surface area contributed by atoms with Gasteiger partial charge in [0.05, 0.1) is 17.7 Å². The molecule has 5 heteroatoms. The van der Waals surface area contributed by atoms with Gasteiger partial charge in [-0.25, -0.2) is 0 Å². The third-order valence-corrected chi connectivity index (χ3v) is 4.78. The second-order valence-corrected chi connectivity index (χ2v) is 7.63. The van der Waals surface area contributed by atoms with Gasteiger partial charge in [-0.15, -0.1) is 0 Å². The molecule has 1 saturated carbocycles. The van der Waals surface area contributed by atoms with Gasteiger partial charge >= 0.3 is 0 Å². The van der Waals surface area contributed by atoms with E-state index in [4.69, 9.17) is 9.26 Å². The number of rotatable bonds is 4. The zero-order valence-corrected chi connectivity index (χ0v) is 13.6. The molecule has 2 aliphatic rings. The van der Waals surface area contributed by atoms with E-state index < -0.39 is 0 Å². The molecule has 0 radical (unpaired) electrons. The van der Waals surface area contributed by atoms with Crippen molar-refractivity contribution in [2.45, 2.75) is 89.5 Å². The van der Waals surface area contributed by atoms with Crippen molar-refractivity contribution in [3.05, 3.63) is 11.7 Å². The molecule has 0 amide bonds. The highest BCUT2D eigenvalue weighted by Crippen LogP contribution is 2.37. The van der Waals surface area contributed by atoms with Gasteiger partial charge in [0, 0.05) is 12.0 Å². The lowest BCUT2D eigenvalue weighted by Gasteiger charge is -2.27. The third-order valence-electron chi connectivity index (χ3n) is 4.78. The van der Waals surface area contributed by atoms with Crippen molar-refractivity contribution in [3.63, 3.8) is 0 Å². The Labute approximate surface area is 126 Å². The zero-order chi connectivity index (χ0) is 15.1. The van der Waals surface area contributed by atoms with Crippen molar-refractivity contribution < 1.29 is 9.26 Å². The fraction of sp³-hybridized carbons (Fsp3) is 0.875. The van der Waals surface area contributed by atoms with Gasteiger partial charge in [0.1, 0.15) is 0 Å². The van der Waals surface area contributed by atoms with Gasteiger partial charge in [0.15, 0.2) is 5.82 Å². The van der Waals surface area contributed by atoms with Crippen molar-refractivity contribution >= 4 is 0 Å². The Morgan fingerprint density at radius 1 is 1.19 bits per heavy atom. The van der Waals surface area contributed by atoms with Gasteiger partial charge in [-0.1, -0.05) is 18.0 Å². The Kier molecular flexibility index (Phi) is 3.82. The highest BCUT2D eigenvalue weighted by atomic mass is 16.5. The largest absolute Gasteiger partial charge is 0.368 e. The maximum absolute atomic E-state index is 6.09. The standard InChI is InChI=1S/C16H27N3O2/c1-15(2)9-12(16(3,4)21-15)17-10-13-18-14(19-20-13)11-7-5-6-8-11/h11-12,17H,5-10H2,1-4H3/t12-/m0/s1. The van der Waals surface area contributed by atoms with E-state index in [1.165, 1.54) is 25.7 Å². The van der Waals surface area contributed by atoms with E-state index in [0.29, 0.717) is 24.4 Å². The molecule has 3 rings (SSSR count). The highest BCUT2D eigenvalue weighted by molar-refractivity contribution is 5.01. The lowest BCUT2D eigenvalue weighted by atomic mass is 9.94. The number of hydrogen-bond donors (Lipinski definition) is 1. The van der Waals surface area contributed by atoms with E-state index in [0.717, 1.165) is 12.2 Å². The Hall–Kier alpha value is -0.940. The Balaban J connectivity index is 1.58. The van der Waals surface area contributed by atoms with E-state index in [1.54, 1.807) is 0 Å². The zero-order valence-electron chi connectivity index (χ0n) is 13.6. The molecule has 5 nitrogen and oxygen atoms in total. The monoisotopic (exact) mass is 293 g/mol. The van der Waals surface area contributed by atoms with Crippen molar-refractivity contribution in [1.29, 1.82) is 0 Å². The van der Waals surface area contributed by atoms with E-state index in [2.05, 4.69) is 43.2 Å². The molecular formula is C16H27N3O2. The quantitative estimate of drug-likeness (QED) is 0.924. The first-order valence-electron chi connectivity index (χ1n) is 8.12. The molecule has 1 N–H and O–H groups in total. The number of aromatic nitrogens is 2. The second-order valence-electron chi connectivity index (χ2n) is 7.63. The van der Waals surface area contributed by atoms with Crippen molar-refractivity contribution in [2.75, 3.05) is 0 Å². The lowest BCUT2D eigenvalue weighted by molar-refractivity contribution is -0.0700. The fourth-order valence-electron chi connectivity index (χ4n) is 3.78. The van der Waals surface area contributed by atoms with Gasteiger partial charge in [-0.2, -0.15) is 4.98 Å². The van der Waals surface area contributed by atoms with Crippen LogP contribution in [0.4, 0.5) is 0 Å². The molecule has 0 aromatic carbocycles. The fourth-order valence-corrected chi connectivity index (χ4v) is 3.78. The maximum atomic E-state index is 6.09. The van der Waals surface area contributed by atoms with Crippen LogP contribution in [-0.4, -0.2) is 27.4 Å². The molecule has 21 heavy (non-hydrogen) atoms. The SMILES string of the molecule is CC1(C)C[C@H](NCc2nc(C3CCCC3)no2)C(C)(C)O1. The van der Waals surface area contributed by atoms with Crippen LogP contribution in [0.1, 0.15) is 77.4 Å². The summed E-state index contributed by atoms with van der Waals surface area (Å²) in [6.07, 6.45) is 5.96. The maximum Gasteiger partial charge on any atom is 0.240 e. The number of nitrogens with one attached hydrogen (secondary N) is 1. The summed E-state index contributed by atoms with van der Waals surface area (Å²) in [5, 5.41) is 7.68. The Bertz CT molecular complexity index is 489. The molecule has 1 saturated heterocycles. The summed E-state index contributed by atoms with van der Waals surface area (Å²) in [6, 6.07) is 0.300. The minimum Gasteiger partial charge on any atom is -0.368 e. The van der Waals surface area contributed by atoms with Crippen LogP contribution in [-0.2, 0) is 11.3 Å². The van der Waals surface area contributed by atoms with Crippen LogP contribution in [0.3, 0.4) is 0 Å². The van der Waals surface area contributed by atoms with Gasteiger partial charge in [-0.3, -0.25) is 0 Å². The first-order valence-corrected chi connectivity index (χ1v) is 8.12. The average Bonchev–Trinajstić information content (AvgIpc) is 3.05. The van der Waals surface area contributed by atoms with E-state index >= 15 is 0 Å². The average molecular weight is 293 g/mol. The first kappa shape index (κ1) is 15.0. The normalized spacial score (nSPS) is 28.3. The van der Waals surface area contributed by atoms with Gasteiger partial charge in [0.2, 0.25) is 5.89 Å². The third kappa shape index (κ3) is 3.29. The predicted molar refractivity (Wildman–Crippen MR) is 80.0 cm³/mol. The van der Waals surface area contributed by atoms with Crippen LogP contribution in [0.25, 0.3) is 0 Å². The summed E-state index contributed by atoms with van der Waals surface area (Å²) in [5.74, 6) is 2.09. The van der Waals surface area contributed by atoms with Crippen LogP contribution in [0.2, 0.25) is 0 Å². The number of hydrogen-bond acceptors (Lipinski definition) is 5. The van der Waals surface area contributed by atoms with Crippen LogP contribution < -0.4 is 5.32 Å². The van der Waals surface area contributed by atoms with Crippen LogP contribution in [0.15, 0.2) is 4.52 Å². The summed E-state index contributed by atoms with van der Waals surface area (Å²) in [6.45, 7) is 9.17. The van der Waals surface area contributed by atoms with Crippen molar-refractivity contribution in [1.82, 2.24) is 15.5 Å². The molecule has 0 bridgehead atoms. The molecule has 1 aliphatic heterocycles. The van der Waals surface area contributed by atoms with E-state index in [-0.39, 0.29) is 11.2 Å². The lowest BCUT2D eigenvalue weighted by Crippen LogP contribution is -2.43. The van der Waals surface area contributed by atoms with Crippen molar-refractivity contribution in [3.8, 4) is 0 Å². The summed E-state index contributed by atoms with van der Waals surface area (Å²) < 4.78 is 11.5. The molecule has 118 valence electrons. The minimum absolute atomic E-state index is 0.0784. The summed E-state index contributed by atoms with van der Waals surface area (Å²) in [4.78, 5) is 4.56. The second kappa shape index (κ2) is 5.36. The molecule has 0 spiro atoms. The van der Waals surface area contributed by atoms with E-state index in [1.807, 2.05) is 0 Å². The molecule has 1 aliphatic carbocycles. The molecule has 1 atom stereocenters. The Morgan fingerprint density at radius 2 is 1.90 bits per heavy atom. The molecule has 1 aromatic heterocycles. The van der Waals surface area contributed by atoms with Gasteiger partial charge in [0.25, 0.3) is 0 Å². The topological polar surface area (TPSA) is 60.2 Å². The first-order chi connectivity index (χ1) is 9.86. The molecule has 0 unspecified atom stereocenters. The van der Waals surface area contributed by atoms with Crippen LogP contribution >= 0.6 is 0 Å². The highest BCUT2D eigenvalue weighted by Gasteiger charge is 2.45. The smallest absolute Gasteiger partial charge is 0.240 e. The minimum atomic E-state index is -0.169. The summed E-state index contributed by atoms with van der Waals surface area (Å²) in [7, 11) is 0. The Morgan fingerprint density at radius 3 is 2.52 bits per heavy atom. The van der Waals surface area contributed by atoms with Crippen LogP contribution in [0, 0.1) is 0 Å². The summed E-state index contributed by atoms with van der Waals surface area (Å²) in [5.41, 5.74) is -0.247. The van der Waals surface area contributed by atoms with Gasteiger partial charge in [-0.05, 0) is 47.0 Å². The molecule has 2 fully saturated rings. The summed E-state index contributed by atoms with van der Waals surface area (Å²) >= 11 is 0. The molecule has 1 aromatic rings. The molecule has 2 heterocycles. The number of ether oxygens (including phenoxy) is 1.